The molecular formula is C55H100O12S. The summed E-state index contributed by atoms with van der Waals surface area (Å²) in [5.41, 5.74) is 0. The summed E-state index contributed by atoms with van der Waals surface area (Å²) in [5.74, 6) is -0.402. The van der Waals surface area contributed by atoms with Gasteiger partial charge in [0.1, 0.15) is 30.5 Å². The third-order valence-corrected chi connectivity index (χ3v) is 12.9. The maximum Gasteiger partial charge on any atom is 0.397 e. The maximum atomic E-state index is 12.9. The summed E-state index contributed by atoms with van der Waals surface area (Å²) in [4.78, 5) is 12.9. The Morgan fingerprint density at radius 3 is 1.43 bits per heavy atom. The van der Waals surface area contributed by atoms with Crippen LogP contribution in [0.2, 0.25) is 0 Å². The number of unbranched alkanes of at least 4 members (excludes halogenated alkanes) is 27. The number of esters is 1. The number of hydrogen-bond donors (Lipinski definition) is 4. The molecule has 12 nitrogen and oxygen atoms in total. The Bertz CT molecular complexity index is 1370. The van der Waals surface area contributed by atoms with Gasteiger partial charge in [-0.2, -0.15) is 8.42 Å². The zero-order valence-corrected chi connectivity index (χ0v) is 43.7. The van der Waals surface area contributed by atoms with Crippen LogP contribution in [0.1, 0.15) is 232 Å². The van der Waals surface area contributed by atoms with Crippen LogP contribution in [0.3, 0.4) is 0 Å². The van der Waals surface area contributed by atoms with Crippen molar-refractivity contribution in [3.63, 3.8) is 0 Å². The molecule has 6 atom stereocenters. The molecule has 1 aliphatic heterocycles. The van der Waals surface area contributed by atoms with Crippen LogP contribution in [-0.2, 0) is 38.3 Å². The van der Waals surface area contributed by atoms with Crippen molar-refractivity contribution in [1.82, 2.24) is 0 Å². The van der Waals surface area contributed by atoms with Gasteiger partial charge in [-0.1, -0.05) is 197 Å². The van der Waals surface area contributed by atoms with Gasteiger partial charge in [0.15, 0.2) is 6.29 Å². The Hall–Kier alpha value is -1.94. The molecule has 398 valence electrons. The van der Waals surface area contributed by atoms with Gasteiger partial charge in [0.25, 0.3) is 0 Å². The zero-order chi connectivity index (χ0) is 49.6. The van der Waals surface area contributed by atoms with Gasteiger partial charge in [-0.15, -0.1) is 0 Å². The molecule has 13 heteroatoms. The third-order valence-electron chi connectivity index (χ3n) is 12.4. The van der Waals surface area contributed by atoms with Gasteiger partial charge >= 0.3 is 16.4 Å². The smallest absolute Gasteiger partial charge is 0.397 e. The number of rotatable bonds is 48. The molecule has 6 unspecified atom stereocenters. The van der Waals surface area contributed by atoms with Gasteiger partial charge in [0, 0.05) is 13.0 Å². The number of carbonyl (C=O) groups excluding carboxylic acids is 1. The number of carbonyl (C=O) groups is 1. The molecule has 1 aliphatic rings. The molecule has 0 bridgehead atoms. The van der Waals surface area contributed by atoms with E-state index in [0.29, 0.717) is 13.0 Å². The fourth-order valence-electron chi connectivity index (χ4n) is 8.26. The minimum atomic E-state index is -5.07. The molecule has 1 rings (SSSR count). The summed E-state index contributed by atoms with van der Waals surface area (Å²) in [6, 6.07) is 0. The second-order valence-electron chi connectivity index (χ2n) is 18.8. The minimum absolute atomic E-state index is 0.0313. The van der Waals surface area contributed by atoms with E-state index in [-0.39, 0.29) is 19.6 Å². The van der Waals surface area contributed by atoms with Gasteiger partial charge in [-0.05, 0) is 77.0 Å². The molecule has 1 fully saturated rings. The fraction of sp³-hybridized carbons (Fsp3) is 0.836. The van der Waals surface area contributed by atoms with E-state index < -0.39 is 59.8 Å². The zero-order valence-electron chi connectivity index (χ0n) is 42.9. The minimum Gasteiger partial charge on any atom is -0.457 e. The predicted molar refractivity (Wildman–Crippen MR) is 276 cm³/mol. The van der Waals surface area contributed by atoms with Crippen LogP contribution >= 0.6 is 0 Å². The van der Waals surface area contributed by atoms with Gasteiger partial charge in [0.05, 0.1) is 19.8 Å². The lowest BCUT2D eigenvalue weighted by atomic mass is 9.99. The molecule has 68 heavy (non-hydrogen) atoms. The SMILES string of the molecule is CCCCC/C=C\C/C=C\CCCCCCCCCCOCC(COC1OC(CO)C(O)C(OS(=O)(=O)O)C1O)OC(=O)CCCCCCCCCCCCC/C=C\C/C=C\CCCCCCC. The molecule has 0 aliphatic carbocycles. The maximum absolute atomic E-state index is 12.9. The number of ether oxygens (including phenoxy) is 4. The van der Waals surface area contributed by atoms with Crippen molar-refractivity contribution in [1.29, 1.82) is 0 Å². The average Bonchev–Trinajstić information content (AvgIpc) is 3.31. The third kappa shape index (κ3) is 38.8. The first kappa shape index (κ1) is 64.1. The van der Waals surface area contributed by atoms with Crippen molar-refractivity contribution in [3.05, 3.63) is 48.6 Å². The molecule has 0 aromatic rings. The number of aliphatic hydroxyl groups is 3. The molecule has 0 spiro atoms. The normalized spacial score (nSPS) is 19.6. The van der Waals surface area contributed by atoms with Crippen LogP contribution < -0.4 is 0 Å². The first-order chi connectivity index (χ1) is 33.1. The van der Waals surface area contributed by atoms with Gasteiger partial charge < -0.3 is 34.3 Å². The molecule has 0 aromatic heterocycles. The van der Waals surface area contributed by atoms with Crippen molar-refractivity contribution >= 4 is 16.4 Å². The highest BCUT2D eigenvalue weighted by Crippen LogP contribution is 2.26. The average molecular weight is 985 g/mol. The Kier molecular flexibility index (Phi) is 43.5. The van der Waals surface area contributed by atoms with E-state index in [9.17, 15) is 33.1 Å². The molecule has 1 saturated heterocycles. The quantitative estimate of drug-likeness (QED) is 0.0197. The van der Waals surface area contributed by atoms with Gasteiger partial charge in [0.2, 0.25) is 0 Å². The lowest BCUT2D eigenvalue weighted by molar-refractivity contribution is -0.301. The summed E-state index contributed by atoms with van der Waals surface area (Å²) < 4.78 is 59.3. The Morgan fingerprint density at radius 1 is 0.559 bits per heavy atom. The van der Waals surface area contributed by atoms with Crippen LogP contribution in [0.25, 0.3) is 0 Å². The summed E-state index contributed by atoms with van der Waals surface area (Å²) in [6.07, 6.45) is 48.5. The number of allylic oxidation sites excluding steroid dienone is 8. The summed E-state index contributed by atoms with van der Waals surface area (Å²) in [5, 5.41) is 30.8. The Labute approximate surface area is 415 Å². The fourth-order valence-corrected chi connectivity index (χ4v) is 8.77. The van der Waals surface area contributed by atoms with Crippen LogP contribution in [0.5, 0.6) is 0 Å². The van der Waals surface area contributed by atoms with E-state index >= 15 is 0 Å². The first-order valence-electron chi connectivity index (χ1n) is 27.4. The molecule has 0 saturated carbocycles. The van der Waals surface area contributed by atoms with Gasteiger partial charge in [-0.3, -0.25) is 9.35 Å². The predicted octanol–water partition coefficient (Wildman–Crippen LogP) is 13.1. The lowest BCUT2D eigenvalue weighted by Gasteiger charge is -2.41. The Balaban J connectivity index is 2.33. The van der Waals surface area contributed by atoms with Gasteiger partial charge in [-0.25, -0.2) is 4.18 Å². The van der Waals surface area contributed by atoms with E-state index in [2.05, 4.69) is 66.6 Å². The van der Waals surface area contributed by atoms with Crippen LogP contribution in [0.15, 0.2) is 48.6 Å². The van der Waals surface area contributed by atoms with E-state index in [1.807, 2.05) is 0 Å². The van der Waals surface area contributed by atoms with Crippen molar-refractivity contribution in [2.45, 2.75) is 269 Å². The molecule has 4 N–H and O–H groups in total. The highest BCUT2D eigenvalue weighted by atomic mass is 32.3. The highest BCUT2D eigenvalue weighted by molar-refractivity contribution is 7.80. The summed E-state index contributed by atoms with van der Waals surface area (Å²) >= 11 is 0. The molecule has 1 heterocycles. The first-order valence-corrected chi connectivity index (χ1v) is 28.8. The summed E-state index contributed by atoms with van der Waals surface area (Å²) in [7, 11) is -5.07. The van der Waals surface area contributed by atoms with Crippen LogP contribution in [0.4, 0.5) is 0 Å². The standard InChI is InChI=1S/C55H100O12S/c1-3-5-7-9-11-13-15-17-19-21-23-24-25-26-27-28-30-32-34-36-38-40-42-44-51(57)65-49(48-64-55-53(59)54(67-68(60,61)62)52(58)50(46-56)66-55)47-63-45-43-41-39-37-35-33-31-29-22-20-18-16-14-12-10-8-6-4-2/h12,14-15,17-18,20-21,23,49-50,52-56,58-59H,3-11,13,16,19,22,24-48H2,1-2H3,(H,60,61,62)/b14-12-,17-15-,20-18-,23-21-. The van der Waals surface area contributed by atoms with E-state index in [1.54, 1.807) is 0 Å². The highest BCUT2D eigenvalue weighted by Gasteiger charge is 2.48. The Morgan fingerprint density at radius 2 is 0.971 bits per heavy atom. The van der Waals surface area contributed by atoms with Crippen molar-refractivity contribution in [2.75, 3.05) is 26.4 Å². The molecule has 0 radical (unpaired) electrons. The van der Waals surface area contributed by atoms with E-state index in [0.717, 1.165) is 57.8 Å². The topological polar surface area (TPSA) is 178 Å². The second-order valence-corrected chi connectivity index (χ2v) is 19.9. The van der Waals surface area contributed by atoms with Crippen molar-refractivity contribution in [3.8, 4) is 0 Å². The van der Waals surface area contributed by atoms with Crippen molar-refractivity contribution < 1.29 is 56.2 Å². The lowest BCUT2D eigenvalue weighted by Crippen LogP contribution is -2.60. The van der Waals surface area contributed by atoms with Crippen molar-refractivity contribution in [2.24, 2.45) is 0 Å². The monoisotopic (exact) mass is 985 g/mol. The van der Waals surface area contributed by atoms with Crippen LogP contribution in [-0.4, -0.2) is 97.5 Å². The number of hydrogen-bond acceptors (Lipinski definition) is 11. The largest absolute Gasteiger partial charge is 0.457 e. The molecular weight excluding hydrogens is 885 g/mol. The summed E-state index contributed by atoms with van der Waals surface area (Å²) in [6.45, 7) is 3.97. The van der Waals surface area contributed by atoms with E-state index in [1.165, 1.54) is 148 Å². The number of aliphatic hydroxyl groups excluding tert-OH is 3. The second kappa shape index (κ2) is 46.2. The molecule has 0 amide bonds. The van der Waals surface area contributed by atoms with Crippen LogP contribution in [0, 0.1) is 0 Å². The van der Waals surface area contributed by atoms with E-state index in [4.69, 9.17) is 18.9 Å². The molecule has 0 aromatic carbocycles.